The maximum Gasteiger partial charge on any atom is 0.460 e. The number of hydrogen-bond acceptors (Lipinski definition) is 3. The first kappa shape index (κ1) is 20.5. The minimum Gasteiger partial charge on any atom is -0.464 e. The number of rotatable bonds is 5. The normalized spacial score (nSPS) is 19.8. The zero-order chi connectivity index (χ0) is 18.9. The van der Waals surface area contributed by atoms with Gasteiger partial charge in [0.15, 0.2) is 0 Å². The number of alkyl halides is 7. The Morgan fingerprint density at radius 1 is 1.12 bits per heavy atom. The van der Waals surface area contributed by atoms with E-state index in [1.54, 1.807) is 13.8 Å². The van der Waals surface area contributed by atoms with Crippen molar-refractivity contribution in [2.45, 2.75) is 50.8 Å². The number of hydrogen-bond donors (Lipinski definition) is 0. The molecule has 1 aliphatic heterocycles. The van der Waals surface area contributed by atoms with Crippen molar-refractivity contribution in [2.24, 2.45) is 5.92 Å². The fraction of sp³-hybridized carbons (Fsp3) is 0.846. The van der Waals surface area contributed by atoms with E-state index in [1.165, 1.54) is 0 Å². The van der Waals surface area contributed by atoms with Gasteiger partial charge in [0.1, 0.15) is 6.04 Å². The summed E-state index contributed by atoms with van der Waals surface area (Å²) in [6.45, 7) is 2.70. The van der Waals surface area contributed by atoms with Gasteiger partial charge in [0.2, 0.25) is 0 Å². The van der Waals surface area contributed by atoms with Crippen LogP contribution in [0.4, 0.5) is 30.7 Å². The average molecular weight is 367 g/mol. The predicted molar refractivity (Wildman–Crippen MR) is 66.5 cm³/mol. The van der Waals surface area contributed by atoms with Crippen LogP contribution in [-0.2, 0) is 14.3 Å². The molecule has 24 heavy (non-hydrogen) atoms. The summed E-state index contributed by atoms with van der Waals surface area (Å²) in [4.78, 5) is 23.4. The van der Waals surface area contributed by atoms with E-state index in [9.17, 15) is 40.3 Å². The number of amides is 1. The van der Waals surface area contributed by atoms with Crippen LogP contribution in [-0.4, -0.2) is 54.0 Å². The molecule has 4 nitrogen and oxygen atoms in total. The number of likely N-dealkylation sites (tertiary alicyclic amines) is 1. The Bertz CT molecular complexity index is 490. The van der Waals surface area contributed by atoms with E-state index >= 15 is 0 Å². The zero-order valence-corrected chi connectivity index (χ0v) is 12.8. The van der Waals surface area contributed by atoms with Crippen LogP contribution >= 0.6 is 0 Å². The number of ether oxygens (including phenoxy) is 1. The highest BCUT2D eigenvalue weighted by Gasteiger charge is 2.77. The van der Waals surface area contributed by atoms with Gasteiger partial charge in [-0.2, -0.15) is 30.7 Å². The van der Waals surface area contributed by atoms with E-state index in [1.807, 2.05) is 0 Å². The quantitative estimate of drug-likeness (QED) is 0.554. The number of halogens is 7. The average Bonchev–Trinajstić information content (AvgIpc) is 2.91. The largest absolute Gasteiger partial charge is 0.464 e. The molecular weight excluding hydrogens is 351 g/mol. The SMILES string of the molecule is CC(C)COC(=O)C1CCCN1C(=O)C(F)(F)C(F)(F)C(F)(F)F. The van der Waals surface area contributed by atoms with Crippen LogP contribution in [0.15, 0.2) is 0 Å². The van der Waals surface area contributed by atoms with E-state index < -0.39 is 42.5 Å². The van der Waals surface area contributed by atoms with Gasteiger partial charge in [0, 0.05) is 6.54 Å². The third kappa shape index (κ3) is 3.75. The van der Waals surface area contributed by atoms with E-state index in [-0.39, 0.29) is 30.3 Å². The molecule has 1 fully saturated rings. The van der Waals surface area contributed by atoms with Crippen molar-refractivity contribution in [1.29, 1.82) is 0 Å². The smallest absolute Gasteiger partial charge is 0.460 e. The number of esters is 1. The molecule has 0 saturated carbocycles. The lowest BCUT2D eigenvalue weighted by Crippen LogP contribution is -2.61. The van der Waals surface area contributed by atoms with Crippen molar-refractivity contribution in [3.8, 4) is 0 Å². The van der Waals surface area contributed by atoms with Gasteiger partial charge in [-0.1, -0.05) is 13.8 Å². The van der Waals surface area contributed by atoms with Crippen LogP contribution in [0, 0.1) is 5.92 Å². The monoisotopic (exact) mass is 367 g/mol. The molecule has 11 heteroatoms. The molecule has 0 aromatic carbocycles. The summed E-state index contributed by atoms with van der Waals surface area (Å²) in [5, 5.41) is 0. The second-order valence-electron chi connectivity index (χ2n) is 5.83. The summed E-state index contributed by atoms with van der Waals surface area (Å²) in [5.41, 5.74) is 0. The fourth-order valence-electron chi connectivity index (χ4n) is 2.09. The van der Waals surface area contributed by atoms with Crippen LogP contribution in [0.2, 0.25) is 0 Å². The van der Waals surface area contributed by atoms with Crippen LogP contribution < -0.4 is 0 Å². The lowest BCUT2D eigenvalue weighted by atomic mass is 10.1. The van der Waals surface area contributed by atoms with Gasteiger partial charge in [-0.05, 0) is 18.8 Å². The topological polar surface area (TPSA) is 46.6 Å². The molecule has 1 saturated heterocycles. The van der Waals surface area contributed by atoms with Gasteiger partial charge in [0.05, 0.1) is 6.61 Å². The molecule has 140 valence electrons. The highest BCUT2D eigenvalue weighted by atomic mass is 19.4. The minimum absolute atomic E-state index is 0.000848. The van der Waals surface area contributed by atoms with Crippen LogP contribution in [0.5, 0.6) is 0 Å². The lowest BCUT2D eigenvalue weighted by molar-refractivity contribution is -0.346. The molecule has 1 aliphatic rings. The van der Waals surface area contributed by atoms with Crippen LogP contribution in [0.25, 0.3) is 0 Å². The fourth-order valence-corrected chi connectivity index (χ4v) is 2.09. The Morgan fingerprint density at radius 3 is 2.12 bits per heavy atom. The van der Waals surface area contributed by atoms with Crippen molar-refractivity contribution in [2.75, 3.05) is 13.2 Å². The first-order chi connectivity index (χ1) is 10.7. The van der Waals surface area contributed by atoms with Crippen molar-refractivity contribution in [3.63, 3.8) is 0 Å². The molecule has 1 amide bonds. The Labute approximate surface area is 132 Å². The second kappa shape index (κ2) is 6.75. The Balaban J connectivity index is 2.98. The number of carbonyl (C=O) groups is 2. The number of carbonyl (C=O) groups excluding carboxylic acids is 2. The van der Waals surface area contributed by atoms with Gasteiger partial charge in [-0.25, -0.2) is 4.79 Å². The zero-order valence-electron chi connectivity index (χ0n) is 12.8. The van der Waals surface area contributed by atoms with Crippen LogP contribution in [0.1, 0.15) is 26.7 Å². The molecule has 1 rings (SSSR count). The van der Waals surface area contributed by atoms with Crippen LogP contribution in [0.3, 0.4) is 0 Å². The third-order valence-electron chi connectivity index (χ3n) is 3.36. The summed E-state index contributed by atoms with van der Waals surface area (Å²) in [6.07, 6.45) is -6.77. The van der Waals surface area contributed by atoms with Gasteiger partial charge < -0.3 is 9.64 Å². The Kier molecular flexibility index (Phi) is 5.77. The summed E-state index contributed by atoms with van der Waals surface area (Å²) in [5.74, 6) is -16.5. The molecular formula is C13H16F7NO3. The highest BCUT2D eigenvalue weighted by Crippen LogP contribution is 2.47. The predicted octanol–water partition coefficient (Wildman–Crippen LogP) is 3.01. The minimum atomic E-state index is -6.61. The van der Waals surface area contributed by atoms with E-state index in [0.29, 0.717) is 0 Å². The van der Waals surface area contributed by atoms with Crippen molar-refractivity contribution in [1.82, 2.24) is 4.90 Å². The van der Waals surface area contributed by atoms with Crippen molar-refractivity contribution < 1.29 is 45.1 Å². The molecule has 0 N–H and O–H groups in total. The number of nitrogens with zero attached hydrogens (tertiary/aromatic N) is 1. The van der Waals surface area contributed by atoms with Crippen molar-refractivity contribution >= 4 is 11.9 Å². The maximum absolute atomic E-state index is 13.5. The molecule has 0 bridgehead atoms. The Hall–Kier alpha value is -1.55. The Morgan fingerprint density at radius 2 is 1.67 bits per heavy atom. The first-order valence-electron chi connectivity index (χ1n) is 7.03. The van der Waals surface area contributed by atoms with E-state index in [0.717, 1.165) is 0 Å². The lowest BCUT2D eigenvalue weighted by Gasteiger charge is -2.32. The van der Waals surface area contributed by atoms with E-state index in [2.05, 4.69) is 0 Å². The molecule has 0 radical (unpaired) electrons. The standard InChI is InChI=1S/C13H16F7NO3/c1-7(2)6-24-9(22)8-4-3-5-21(8)10(23)11(14,15)12(16,17)13(18,19)20/h7-8H,3-6H2,1-2H3. The maximum atomic E-state index is 13.5. The third-order valence-corrected chi connectivity index (χ3v) is 3.36. The molecule has 0 aromatic heterocycles. The van der Waals surface area contributed by atoms with E-state index in [4.69, 9.17) is 4.74 Å². The second-order valence-corrected chi connectivity index (χ2v) is 5.83. The first-order valence-corrected chi connectivity index (χ1v) is 7.03. The van der Waals surface area contributed by atoms with Gasteiger partial charge >= 0.3 is 29.9 Å². The van der Waals surface area contributed by atoms with Crippen molar-refractivity contribution in [3.05, 3.63) is 0 Å². The molecule has 0 aliphatic carbocycles. The molecule has 0 spiro atoms. The van der Waals surface area contributed by atoms with Gasteiger partial charge in [0.25, 0.3) is 0 Å². The van der Waals surface area contributed by atoms with Gasteiger partial charge in [-0.3, -0.25) is 4.79 Å². The molecule has 0 aromatic rings. The summed E-state index contributed by atoms with van der Waals surface area (Å²) < 4.78 is 94.1. The molecule has 1 heterocycles. The van der Waals surface area contributed by atoms with Gasteiger partial charge in [-0.15, -0.1) is 0 Å². The molecule has 1 atom stereocenters. The highest BCUT2D eigenvalue weighted by molar-refractivity contribution is 5.90. The molecule has 1 unspecified atom stereocenters. The summed E-state index contributed by atoms with van der Waals surface area (Å²) in [7, 11) is 0. The summed E-state index contributed by atoms with van der Waals surface area (Å²) >= 11 is 0. The summed E-state index contributed by atoms with van der Waals surface area (Å²) in [6, 6.07) is -1.61.